The summed E-state index contributed by atoms with van der Waals surface area (Å²) in [5.74, 6) is 0.264. The molecular formula is C15H19N3O2S2. The second kappa shape index (κ2) is 6.75. The lowest BCUT2D eigenvalue weighted by Gasteiger charge is -2.05. The smallest absolute Gasteiger partial charge is 0.343 e. The number of aryl methyl sites for hydroxylation is 1. The predicted molar refractivity (Wildman–Crippen MR) is 88.8 cm³/mol. The Balaban J connectivity index is 1.62. The number of rotatable bonds is 5. The molecule has 22 heavy (non-hydrogen) atoms. The van der Waals surface area contributed by atoms with Crippen molar-refractivity contribution in [3.8, 4) is 0 Å². The first kappa shape index (κ1) is 15.4. The molecule has 1 saturated carbocycles. The maximum absolute atomic E-state index is 12.2. The van der Waals surface area contributed by atoms with Gasteiger partial charge < -0.3 is 10.1 Å². The lowest BCUT2D eigenvalue weighted by Crippen LogP contribution is -2.08. The van der Waals surface area contributed by atoms with E-state index in [1.807, 2.05) is 12.3 Å². The third-order valence-electron chi connectivity index (χ3n) is 3.92. The van der Waals surface area contributed by atoms with Gasteiger partial charge in [0.1, 0.15) is 17.2 Å². The maximum Gasteiger partial charge on any atom is 0.343 e. The number of anilines is 1. The Morgan fingerprint density at radius 2 is 2.23 bits per heavy atom. The SMILES string of the molecule is CNc1snc(C)c1C(=O)OCc1csc(C2CCCC2)n1. The van der Waals surface area contributed by atoms with Crippen molar-refractivity contribution in [1.29, 1.82) is 0 Å². The van der Waals surface area contributed by atoms with Crippen LogP contribution in [0.15, 0.2) is 5.38 Å². The van der Waals surface area contributed by atoms with Crippen LogP contribution in [0.1, 0.15) is 58.4 Å². The minimum absolute atomic E-state index is 0.223. The Hall–Kier alpha value is -1.47. The quantitative estimate of drug-likeness (QED) is 0.837. The molecule has 7 heteroatoms. The molecule has 0 saturated heterocycles. The van der Waals surface area contributed by atoms with Crippen LogP contribution in [-0.2, 0) is 11.3 Å². The summed E-state index contributed by atoms with van der Waals surface area (Å²) in [6, 6.07) is 0. The molecule has 3 rings (SSSR count). The molecule has 0 atom stereocenters. The zero-order valence-corrected chi connectivity index (χ0v) is 14.4. The molecular weight excluding hydrogens is 318 g/mol. The molecule has 2 aromatic heterocycles. The second-order valence-corrected chi connectivity index (χ2v) is 7.12. The lowest BCUT2D eigenvalue weighted by atomic mass is 10.1. The molecule has 0 unspecified atom stereocenters. The van der Waals surface area contributed by atoms with E-state index in [9.17, 15) is 4.79 Å². The molecule has 0 amide bonds. The van der Waals surface area contributed by atoms with E-state index >= 15 is 0 Å². The first-order valence-electron chi connectivity index (χ1n) is 7.44. The first-order valence-corrected chi connectivity index (χ1v) is 9.09. The van der Waals surface area contributed by atoms with Gasteiger partial charge in [-0.05, 0) is 31.3 Å². The number of nitrogens with one attached hydrogen (secondary N) is 1. The van der Waals surface area contributed by atoms with Gasteiger partial charge in [-0.25, -0.2) is 9.78 Å². The number of esters is 1. The number of ether oxygens (including phenoxy) is 1. The monoisotopic (exact) mass is 337 g/mol. The van der Waals surface area contributed by atoms with Gasteiger partial charge in [0.25, 0.3) is 0 Å². The van der Waals surface area contributed by atoms with E-state index in [1.54, 1.807) is 18.4 Å². The molecule has 0 aliphatic heterocycles. The summed E-state index contributed by atoms with van der Waals surface area (Å²) >= 11 is 2.95. The van der Waals surface area contributed by atoms with E-state index in [4.69, 9.17) is 4.74 Å². The number of hydrogen-bond acceptors (Lipinski definition) is 7. The highest BCUT2D eigenvalue weighted by Gasteiger charge is 2.22. The summed E-state index contributed by atoms with van der Waals surface area (Å²) in [4.78, 5) is 16.8. The van der Waals surface area contributed by atoms with Gasteiger partial charge >= 0.3 is 5.97 Å². The molecule has 1 aliphatic rings. The Kier molecular flexibility index (Phi) is 4.73. The molecule has 0 aromatic carbocycles. The van der Waals surface area contributed by atoms with Crippen LogP contribution in [0, 0.1) is 6.92 Å². The summed E-state index contributed by atoms with van der Waals surface area (Å²) in [5.41, 5.74) is 2.06. The summed E-state index contributed by atoms with van der Waals surface area (Å²) in [6.07, 6.45) is 5.06. The zero-order chi connectivity index (χ0) is 15.5. The molecule has 1 N–H and O–H groups in total. The lowest BCUT2D eigenvalue weighted by molar-refractivity contribution is 0.0469. The van der Waals surface area contributed by atoms with Crippen molar-refractivity contribution in [1.82, 2.24) is 9.36 Å². The molecule has 0 bridgehead atoms. The number of aromatic nitrogens is 2. The van der Waals surface area contributed by atoms with E-state index in [-0.39, 0.29) is 12.6 Å². The Labute approximate surface area is 137 Å². The number of carbonyl (C=O) groups excluding carboxylic acids is 1. The van der Waals surface area contributed by atoms with Crippen LogP contribution in [0.4, 0.5) is 5.00 Å². The van der Waals surface area contributed by atoms with Gasteiger partial charge in [0.05, 0.1) is 16.4 Å². The van der Waals surface area contributed by atoms with Crippen LogP contribution >= 0.6 is 22.9 Å². The fourth-order valence-corrected chi connectivity index (χ4v) is 4.45. The van der Waals surface area contributed by atoms with Gasteiger partial charge in [-0.3, -0.25) is 0 Å². The van der Waals surface area contributed by atoms with E-state index in [0.717, 1.165) is 10.7 Å². The minimum atomic E-state index is -0.342. The molecule has 118 valence electrons. The number of thiazole rings is 1. The third kappa shape index (κ3) is 3.15. The number of nitrogens with zero attached hydrogens (tertiary/aromatic N) is 2. The van der Waals surface area contributed by atoms with E-state index in [0.29, 0.717) is 17.2 Å². The van der Waals surface area contributed by atoms with E-state index in [1.165, 1.54) is 42.2 Å². The summed E-state index contributed by atoms with van der Waals surface area (Å²) in [6.45, 7) is 2.04. The van der Waals surface area contributed by atoms with Crippen LogP contribution in [0.5, 0.6) is 0 Å². The predicted octanol–water partition coefficient (Wildman–Crippen LogP) is 3.96. The molecule has 2 aromatic rings. The van der Waals surface area contributed by atoms with Gasteiger partial charge in [0, 0.05) is 18.3 Å². The molecule has 0 radical (unpaired) electrons. The number of carbonyl (C=O) groups is 1. The molecule has 0 spiro atoms. The van der Waals surface area contributed by atoms with Crippen molar-refractivity contribution < 1.29 is 9.53 Å². The van der Waals surface area contributed by atoms with Crippen molar-refractivity contribution in [2.24, 2.45) is 0 Å². The summed E-state index contributed by atoms with van der Waals surface area (Å²) < 4.78 is 9.59. The van der Waals surface area contributed by atoms with Crippen molar-refractivity contribution in [3.63, 3.8) is 0 Å². The molecule has 2 heterocycles. The largest absolute Gasteiger partial charge is 0.455 e. The van der Waals surface area contributed by atoms with E-state index < -0.39 is 0 Å². The van der Waals surface area contributed by atoms with Gasteiger partial charge in [-0.1, -0.05) is 12.8 Å². The fourth-order valence-electron chi connectivity index (χ4n) is 2.74. The van der Waals surface area contributed by atoms with Crippen LogP contribution < -0.4 is 5.32 Å². The van der Waals surface area contributed by atoms with Gasteiger partial charge in [-0.2, -0.15) is 4.37 Å². The maximum atomic E-state index is 12.2. The van der Waals surface area contributed by atoms with E-state index in [2.05, 4.69) is 14.7 Å². The highest BCUT2D eigenvalue weighted by molar-refractivity contribution is 7.10. The van der Waals surface area contributed by atoms with Gasteiger partial charge in [-0.15, -0.1) is 11.3 Å². The molecule has 1 aliphatic carbocycles. The summed E-state index contributed by atoms with van der Waals surface area (Å²) in [7, 11) is 1.78. The van der Waals surface area contributed by atoms with Crippen molar-refractivity contribution >= 4 is 33.8 Å². The van der Waals surface area contributed by atoms with Gasteiger partial charge in [0.15, 0.2) is 0 Å². The van der Waals surface area contributed by atoms with Crippen LogP contribution in [-0.4, -0.2) is 22.4 Å². The zero-order valence-electron chi connectivity index (χ0n) is 12.7. The van der Waals surface area contributed by atoms with Crippen LogP contribution in [0.2, 0.25) is 0 Å². The van der Waals surface area contributed by atoms with Crippen molar-refractivity contribution in [3.05, 3.63) is 27.3 Å². The molecule has 1 fully saturated rings. The standard InChI is InChI=1S/C15H19N3O2S2/c1-9-12(14(16-2)22-18-9)15(19)20-7-11-8-21-13(17-11)10-5-3-4-6-10/h8,10,16H,3-7H2,1-2H3. The number of hydrogen-bond donors (Lipinski definition) is 1. The Morgan fingerprint density at radius 1 is 1.45 bits per heavy atom. The topological polar surface area (TPSA) is 64.1 Å². The van der Waals surface area contributed by atoms with Crippen molar-refractivity contribution in [2.75, 3.05) is 12.4 Å². The van der Waals surface area contributed by atoms with Crippen LogP contribution in [0.3, 0.4) is 0 Å². The Bertz CT molecular complexity index is 660. The molecule has 5 nitrogen and oxygen atoms in total. The first-order chi connectivity index (χ1) is 10.7. The summed E-state index contributed by atoms with van der Waals surface area (Å²) in [5, 5.41) is 6.91. The highest BCUT2D eigenvalue weighted by atomic mass is 32.1. The Morgan fingerprint density at radius 3 is 2.95 bits per heavy atom. The van der Waals surface area contributed by atoms with Crippen LogP contribution in [0.25, 0.3) is 0 Å². The highest BCUT2D eigenvalue weighted by Crippen LogP contribution is 2.35. The average Bonchev–Trinajstić information content (AvgIpc) is 3.24. The third-order valence-corrected chi connectivity index (χ3v) is 5.93. The normalized spacial score (nSPS) is 15.2. The van der Waals surface area contributed by atoms with Gasteiger partial charge in [0.2, 0.25) is 0 Å². The minimum Gasteiger partial charge on any atom is -0.455 e. The van der Waals surface area contributed by atoms with Crippen molar-refractivity contribution in [2.45, 2.75) is 45.1 Å². The fraction of sp³-hybridized carbons (Fsp3) is 0.533. The second-order valence-electron chi connectivity index (χ2n) is 5.46. The average molecular weight is 337 g/mol.